The fourth-order valence-corrected chi connectivity index (χ4v) is 3.45. The molecule has 0 aliphatic heterocycles. The van der Waals surface area contributed by atoms with Crippen molar-refractivity contribution in [1.29, 1.82) is 0 Å². The van der Waals surface area contributed by atoms with Crippen molar-refractivity contribution in [3.05, 3.63) is 65.2 Å². The fraction of sp³-hybridized carbons (Fsp3) is 0.182. The smallest absolute Gasteiger partial charge is 0.284 e. The molecule has 4 aromatic rings. The van der Waals surface area contributed by atoms with Crippen LogP contribution in [0.3, 0.4) is 0 Å². The Morgan fingerprint density at radius 1 is 1.17 bits per heavy atom. The summed E-state index contributed by atoms with van der Waals surface area (Å²) < 4.78 is 7.27. The maximum atomic E-state index is 13.1. The summed E-state index contributed by atoms with van der Waals surface area (Å²) in [4.78, 5) is 28.9. The highest BCUT2D eigenvalue weighted by atomic mass is 16.3. The van der Waals surface area contributed by atoms with Gasteiger partial charge in [0.05, 0.1) is 16.6 Å². The number of hydrogen-bond donors (Lipinski definition) is 2. The number of anilines is 1. The maximum absolute atomic E-state index is 13.1. The molecular formula is C22H21N5O3. The van der Waals surface area contributed by atoms with Crippen LogP contribution < -0.4 is 11.1 Å². The van der Waals surface area contributed by atoms with E-state index in [0.29, 0.717) is 34.8 Å². The van der Waals surface area contributed by atoms with Crippen molar-refractivity contribution in [2.75, 3.05) is 5.32 Å². The Labute approximate surface area is 172 Å². The number of rotatable bonds is 5. The number of nitrogens with one attached hydrogen (secondary N) is 1. The molecule has 8 nitrogen and oxygen atoms in total. The molecule has 3 heterocycles. The Kier molecular flexibility index (Phi) is 4.83. The number of carbonyl (C=O) groups is 2. The van der Waals surface area contributed by atoms with Gasteiger partial charge in [-0.2, -0.15) is 5.10 Å². The number of benzene rings is 1. The van der Waals surface area contributed by atoms with Crippen molar-refractivity contribution in [2.24, 2.45) is 5.73 Å². The number of fused-ring (bicyclic) bond motifs is 1. The number of pyridine rings is 1. The van der Waals surface area contributed by atoms with Gasteiger partial charge in [0, 0.05) is 23.5 Å². The molecule has 3 aromatic heterocycles. The minimum Gasteiger partial charge on any atom is -0.451 e. The minimum absolute atomic E-state index is 0.0810. The molecule has 152 valence electrons. The summed E-state index contributed by atoms with van der Waals surface area (Å²) >= 11 is 0. The van der Waals surface area contributed by atoms with E-state index in [1.807, 2.05) is 26.8 Å². The van der Waals surface area contributed by atoms with Gasteiger partial charge in [-0.1, -0.05) is 12.1 Å². The second kappa shape index (κ2) is 7.47. The van der Waals surface area contributed by atoms with Crippen LogP contribution in [0.25, 0.3) is 22.4 Å². The van der Waals surface area contributed by atoms with Crippen LogP contribution in [-0.4, -0.2) is 26.6 Å². The average Bonchev–Trinajstić information content (AvgIpc) is 3.33. The molecule has 3 N–H and O–H groups in total. The molecule has 4 rings (SSSR count). The predicted molar refractivity (Wildman–Crippen MR) is 113 cm³/mol. The number of carbonyl (C=O) groups excluding carboxylic acids is 2. The molecule has 0 aliphatic carbocycles. The molecule has 0 fully saturated rings. The highest BCUT2D eigenvalue weighted by Crippen LogP contribution is 2.27. The minimum atomic E-state index is -0.634. The normalized spacial score (nSPS) is 11.0. The van der Waals surface area contributed by atoms with Crippen LogP contribution in [0, 0.1) is 13.8 Å². The molecule has 0 atom stereocenters. The molecule has 0 spiro atoms. The molecule has 0 saturated carbocycles. The zero-order valence-electron chi connectivity index (χ0n) is 16.9. The molecule has 0 saturated heterocycles. The lowest BCUT2D eigenvalue weighted by atomic mass is 10.1. The van der Waals surface area contributed by atoms with Crippen LogP contribution in [0.5, 0.6) is 0 Å². The lowest BCUT2D eigenvalue weighted by molar-refractivity contribution is 0.0973. The first-order valence-electron chi connectivity index (χ1n) is 9.53. The third-order valence-corrected chi connectivity index (χ3v) is 4.80. The Hall–Kier alpha value is -3.94. The molecule has 0 bridgehead atoms. The van der Waals surface area contributed by atoms with Gasteiger partial charge in [0.15, 0.2) is 11.4 Å². The zero-order valence-corrected chi connectivity index (χ0v) is 16.9. The molecule has 1 aromatic carbocycles. The van der Waals surface area contributed by atoms with Crippen LogP contribution in [-0.2, 0) is 6.54 Å². The second-order valence-corrected chi connectivity index (χ2v) is 6.97. The molecule has 8 heteroatoms. The Morgan fingerprint density at radius 2 is 1.97 bits per heavy atom. The van der Waals surface area contributed by atoms with Crippen molar-refractivity contribution < 1.29 is 14.0 Å². The van der Waals surface area contributed by atoms with Crippen LogP contribution in [0.1, 0.15) is 39.2 Å². The fourth-order valence-electron chi connectivity index (χ4n) is 3.45. The summed E-state index contributed by atoms with van der Waals surface area (Å²) in [5.74, 6) is -0.316. The average molecular weight is 403 g/mol. The Bertz CT molecular complexity index is 1290. The van der Waals surface area contributed by atoms with E-state index >= 15 is 0 Å². The zero-order chi connectivity index (χ0) is 21.4. The monoisotopic (exact) mass is 403 g/mol. The number of furan rings is 1. The predicted octanol–water partition coefficient (Wildman–Crippen LogP) is 3.68. The SMILES string of the molecule is CCn1nc(C)c2c(C(=O)Nc3cccc(-c4ccc(C(N)=O)o4)c3)cc(C)nc21. The van der Waals surface area contributed by atoms with Crippen molar-refractivity contribution in [3.63, 3.8) is 0 Å². The number of amides is 2. The van der Waals surface area contributed by atoms with Gasteiger partial charge in [0.2, 0.25) is 0 Å². The first-order chi connectivity index (χ1) is 14.4. The van der Waals surface area contributed by atoms with E-state index in [1.54, 1.807) is 35.0 Å². The van der Waals surface area contributed by atoms with E-state index in [-0.39, 0.29) is 11.7 Å². The molecule has 0 unspecified atom stereocenters. The molecule has 2 amide bonds. The summed E-state index contributed by atoms with van der Waals surface area (Å²) in [5.41, 5.74) is 9.27. The van der Waals surface area contributed by atoms with Crippen molar-refractivity contribution in [1.82, 2.24) is 14.8 Å². The van der Waals surface area contributed by atoms with E-state index in [4.69, 9.17) is 10.2 Å². The summed E-state index contributed by atoms with van der Waals surface area (Å²) in [6, 6.07) is 12.1. The van der Waals surface area contributed by atoms with Gasteiger partial charge in [-0.25, -0.2) is 9.67 Å². The van der Waals surface area contributed by atoms with E-state index in [1.165, 1.54) is 6.07 Å². The van der Waals surface area contributed by atoms with Gasteiger partial charge in [0.1, 0.15) is 5.76 Å². The highest BCUT2D eigenvalue weighted by molar-refractivity contribution is 6.12. The number of aromatic nitrogens is 3. The van der Waals surface area contributed by atoms with Crippen molar-refractivity contribution in [3.8, 4) is 11.3 Å². The Morgan fingerprint density at radius 3 is 2.67 bits per heavy atom. The van der Waals surface area contributed by atoms with Crippen molar-refractivity contribution >= 4 is 28.5 Å². The third kappa shape index (κ3) is 3.43. The van der Waals surface area contributed by atoms with Gasteiger partial charge in [-0.05, 0) is 51.1 Å². The van der Waals surface area contributed by atoms with Gasteiger partial charge in [-0.3, -0.25) is 9.59 Å². The standard InChI is InChI=1S/C22H21N5O3/c1-4-27-21-19(13(3)26-27)16(10-12(2)24-21)22(29)25-15-7-5-6-14(11-15)17-8-9-18(30-17)20(23)28/h5-11H,4H2,1-3H3,(H2,23,28)(H,25,29). The van der Waals surface area contributed by atoms with E-state index < -0.39 is 5.91 Å². The quantitative estimate of drug-likeness (QED) is 0.527. The van der Waals surface area contributed by atoms with E-state index in [9.17, 15) is 9.59 Å². The van der Waals surface area contributed by atoms with E-state index in [2.05, 4.69) is 15.4 Å². The topological polar surface area (TPSA) is 116 Å². The lowest BCUT2D eigenvalue weighted by Gasteiger charge is -2.09. The van der Waals surface area contributed by atoms with Gasteiger partial charge in [-0.15, -0.1) is 0 Å². The van der Waals surface area contributed by atoms with Crippen LogP contribution in [0.4, 0.5) is 5.69 Å². The Balaban J connectivity index is 1.68. The number of hydrogen-bond acceptors (Lipinski definition) is 5. The lowest BCUT2D eigenvalue weighted by Crippen LogP contribution is -2.13. The van der Waals surface area contributed by atoms with Crippen LogP contribution in [0.2, 0.25) is 0 Å². The highest BCUT2D eigenvalue weighted by Gasteiger charge is 2.19. The maximum Gasteiger partial charge on any atom is 0.284 e. The number of nitrogens with zero attached hydrogens (tertiary/aromatic N) is 3. The molecular weight excluding hydrogens is 382 g/mol. The molecule has 30 heavy (non-hydrogen) atoms. The van der Waals surface area contributed by atoms with Gasteiger partial charge >= 0.3 is 0 Å². The summed E-state index contributed by atoms with van der Waals surface area (Å²) in [6.45, 7) is 6.38. The molecule has 0 radical (unpaired) electrons. The largest absolute Gasteiger partial charge is 0.451 e. The summed E-state index contributed by atoms with van der Waals surface area (Å²) in [6.07, 6.45) is 0. The van der Waals surface area contributed by atoms with Crippen LogP contribution >= 0.6 is 0 Å². The van der Waals surface area contributed by atoms with Gasteiger partial charge in [0.25, 0.3) is 11.8 Å². The first kappa shape index (κ1) is 19.4. The number of primary amides is 1. The van der Waals surface area contributed by atoms with Crippen LogP contribution in [0.15, 0.2) is 46.9 Å². The van der Waals surface area contributed by atoms with Crippen molar-refractivity contribution in [2.45, 2.75) is 27.3 Å². The summed E-state index contributed by atoms with van der Waals surface area (Å²) in [7, 11) is 0. The number of aryl methyl sites for hydroxylation is 3. The molecule has 0 aliphatic rings. The number of nitrogens with two attached hydrogens (primary N) is 1. The second-order valence-electron chi connectivity index (χ2n) is 6.97. The van der Waals surface area contributed by atoms with E-state index in [0.717, 1.165) is 16.8 Å². The third-order valence-electron chi connectivity index (χ3n) is 4.80. The summed E-state index contributed by atoms with van der Waals surface area (Å²) in [5, 5.41) is 8.17. The van der Waals surface area contributed by atoms with Gasteiger partial charge < -0.3 is 15.5 Å². The first-order valence-corrected chi connectivity index (χ1v) is 9.53.